The molecule has 0 aliphatic heterocycles. The van der Waals surface area contributed by atoms with Gasteiger partial charge < -0.3 is 18.9 Å². The first-order chi connectivity index (χ1) is 17.1. The number of hydrogen-bond acceptors (Lipinski definition) is 8. The Bertz CT molecular complexity index is 1340. The lowest BCUT2D eigenvalue weighted by Crippen LogP contribution is -2.29. The maximum Gasteiger partial charge on any atom is 0.514 e. The molecule has 186 valence electrons. The number of benzene rings is 2. The zero-order chi connectivity index (χ0) is 26.1. The van der Waals surface area contributed by atoms with Gasteiger partial charge in [-0.3, -0.25) is 9.59 Å². The van der Waals surface area contributed by atoms with Gasteiger partial charge in [-0.1, -0.05) is 43.3 Å². The van der Waals surface area contributed by atoms with E-state index < -0.39 is 36.1 Å². The Morgan fingerprint density at radius 2 is 1.17 bits per heavy atom. The lowest BCUT2D eigenvalue weighted by atomic mass is 9.76. The Labute approximate surface area is 208 Å². The number of aryl methyl sites for hydroxylation is 1. The van der Waals surface area contributed by atoms with Crippen molar-refractivity contribution in [1.82, 2.24) is 0 Å². The summed E-state index contributed by atoms with van der Waals surface area (Å²) in [5, 5.41) is 0. The Kier molecular flexibility index (Phi) is 6.79. The second-order valence-electron chi connectivity index (χ2n) is 8.88. The quantitative estimate of drug-likeness (QED) is 0.478. The topological polar surface area (TPSA) is 105 Å². The van der Waals surface area contributed by atoms with E-state index in [1.165, 1.54) is 0 Å². The van der Waals surface area contributed by atoms with Gasteiger partial charge in [0.2, 0.25) is 0 Å². The molecule has 0 saturated heterocycles. The third-order valence-corrected chi connectivity index (χ3v) is 5.59. The number of rotatable bonds is 5. The fourth-order valence-corrected chi connectivity index (χ4v) is 4.09. The highest BCUT2D eigenvalue weighted by molar-refractivity contribution is 6.34. The molecular formula is C28H26O8. The van der Waals surface area contributed by atoms with Crippen molar-refractivity contribution in [2.75, 3.05) is 0 Å². The van der Waals surface area contributed by atoms with Crippen molar-refractivity contribution in [3.8, 4) is 0 Å². The molecule has 0 unspecified atom stereocenters. The Morgan fingerprint density at radius 1 is 0.694 bits per heavy atom. The molecule has 2 aromatic carbocycles. The molecule has 0 aromatic heterocycles. The van der Waals surface area contributed by atoms with Gasteiger partial charge >= 0.3 is 12.3 Å². The van der Waals surface area contributed by atoms with Crippen molar-refractivity contribution in [3.05, 3.63) is 81.4 Å². The van der Waals surface area contributed by atoms with Crippen molar-refractivity contribution in [2.24, 2.45) is 0 Å². The van der Waals surface area contributed by atoms with Gasteiger partial charge in [-0.25, -0.2) is 9.59 Å². The predicted molar refractivity (Wildman–Crippen MR) is 130 cm³/mol. The number of Topliss-reactive ketones (excluding diaryl/α,β-unsaturated/α-hetero) is 2. The van der Waals surface area contributed by atoms with E-state index in [-0.39, 0.29) is 44.9 Å². The minimum atomic E-state index is -1.03. The summed E-state index contributed by atoms with van der Waals surface area (Å²) in [4.78, 5) is 52.6. The van der Waals surface area contributed by atoms with Crippen molar-refractivity contribution in [1.29, 1.82) is 0 Å². The van der Waals surface area contributed by atoms with Crippen LogP contribution >= 0.6 is 0 Å². The summed E-state index contributed by atoms with van der Waals surface area (Å²) in [6.45, 7) is 8.57. The maximum atomic E-state index is 13.8. The van der Waals surface area contributed by atoms with Crippen LogP contribution in [0.1, 0.15) is 72.0 Å². The number of ether oxygens (including phenoxy) is 4. The molecule has 0 N–H and O–H groups in total. The highest BCUT2D eigenvalue weighted by Crippen LogP contribution is 2.45. The second-order valence-corrected chi connectivity index (χ2v) is 8.88. The van der Waals surface area contributed by atoms with E-state index in [1.54, 1.807) is 70.2 Å². The predicted octanol–water partition coefficient (Wildman–Crippen LogP) is 5.89. The van der Waals surface area contributed by atoms with Crippen LogP contribution in [-0.2, 0) is 25.4 Å². The minimum Gasteiger partial charge on any atom is -0.431 e. The molecule has 2 aliphatic carbocycles. The van der Waals surface area contributed by atoms with Crippen LogP contribution in [-0.4, -0.2) is 36.1 Å². The van der Waals surface area contributed by atoms with Crippen LogP contribution in [0.15, 0.2) is 53.6 Å². The van der Waals surface area contributed by atoms with Gasteiger partial charge in [-0.2, -0.15) is 0 Å². The summed E-state index contributed by atoms with van der Waals surface area (Å²) in [5.41, 5.74) is 1.45. The number of fused-ring (bicyclic) bond motifs is 3. The van der Waals surface area contributed by atoms with E-state index >= 15 is 0 Å². The lowest BCUT2D eigenvalue weighted by molar-refractivity contribution is 0.0622. The molecule has 8 nitrogen and oxygen atoms in total. The summed E-state index contributed by atoms with van der Waals surface area (Å²) >= 11 is 0. The standard InChI is InChI=1S/C28H26O8/c1-6-16-11-12-18-20(13-16)26(36-28(32)34-15(4)5)22-21(24(18)30)25(35-27(31)33-14(2)3)19-10-8-7-9-17(19)23(22)29/h7-15H,6H2,1-5H3. The smallest absolute Gasteiger partial charge is 0.431 e. The Morgan fingerprint density at radius 3 is 1.67 bits per heavy atom. The minimum absolute atomic E-state index is 0.127. The monoisotopic (exact) mass is 490 g/mol. The first kappa shape index (κ1) is 24.9. The van der Waals surface area contributed by atoms with Gasteiger partial charge in [-0.05, 0) is 45.7 Å². The Balaban J connectivity index is 2.02. The van der Waals surface area contributed by atoms with Crippen LogP contribution in [0.25, 0.3) is 11.5 Å². The maximum absolute atomic E-state index is 13.8. The molecule has 36 heavy (non-hydrogen) atoms. The number of carbonyl (C=O) groups excluding carboxylic acids is 4. The largest absolute Gasteiger partial charge is 0.514 e. The van der Waals surface area contributed by atoms with Crippen LogP contribution in [0, 0.1) is 0 Å². The molecule has 2 aromatic rings. The van der Waals surface area contributed by atoms with Gasteiger partial charge in [0.1, 0.15) is 0 Å². The average Bonchev–Trinajstić information content (AvgIpc) is 2.82. The molecule has 0 radical (unpaired) electrons. The summed E-state index contributed by atoms with van der Waals surface area (Å²) in [6, 6.07) is 11.5. The van der Waals surface area contributed by atoms with E-state index in [1.807, 2.05) is 6.92 Å². The first-order valence-electron chi connectivity index (χ1n) is 11.7. The van der Waals surface area contributed by atoms with Gasteiger partial charge in [0.15, 0.2) is 23.1 Å². The SMILES string of the molecule is CCc1ccc2c(c1)C(OC(=O)OC(C)C)=C1C(=O)c3ccccc3C(OC(=O)OC(C)C)=C1C2=O. The summed E-state index contributed by atoms with van der Waals surface area (Å²) in [6.07, 6.45) is -2.36. The lowest BCUT2D eigenvalue weighted by Gasteiger charge is -2.29. The third-order valence-electron chi connectivity index (χ3n) is 5.59. The normalized spacial score (nSPS) is 14.4. The zero-order valence-corrected chi connectivity index (χ0v) is 20.7. The van der Waals surface area contributed by atoms with Crippen LogP contribution in [0.5, 0.6) is 0 Å². The summed E-state index contributed by atoms with van der Waals surface area (Å²) in [5.74, 6) is -1.35. The van der Waals surface area contributed by atoms with E-state index in [0.717, 1.165) is 5.56 Å². The fourth-order valence-electron chi connectivity index (χ4n) is 4.09. The number of hydrogen-bond donors (Lipinski definition) is 0. The van der Waals surface area contributed by atoms with Crippen molar-refractivity contribution >= 4 is 35.4 Å². The van der Waals surface area contributed by atoms with Crippen LogP contribution < -0.4 is 0 Å². The third kappa shape index (κ3) is 4.54. The molecule has 0 fully saturated rings. The first-order valence-corrected chi connectivity index (χ1v) is 11.7. The number of carbonyl (C=O) groups is 4. The summed E-state index contributed by atoms with van der Waals surface area (Å²) in [7, 11) is 0. The molecular weight excluding hydrogens is 464 g/mol. The number of ketones is 2. The van der Waals surface area contributed by atoms with Crippen LogP contribution in [0.4, 0.5) is 9.59 Å². The fraction of sp³-hybridized carbons (Fsp3) is 0.286. The van der Waals surface area contributed by atoms with Gasteiger partial charge in [0, 0.05) is 22.3 Å². The molecule has 0 spiro atoms. The Hall–Kier alpha value is -4.20. The van der Waals surface area contributed by atoms with E-state index in [9.17, 15) is 19.2 Å². The van der Waals surface area contributed by atoms with Gasteiger partial charge in [-0.15, -0.1) is 0 Å². The molecule has 2 aliphatic rings. The van der Waals surface area contributed by atoms with Crippen molar-refractivity contribution in [3.63, 3.8) is 0 Å². The van der Waals surface area contributed by atoms with Crippen LogP contribution in [0.3, 0.4) is 0 Å². The van der Waals surface area contributed by atoms with Gasteiger partial charge in [0.05, 0.1) is 23.4 Å². The van der Waals surface area contributed by atoms with E-state index in [4.69, 9.17) is 18.9 Å². The molecule has 4 rings (SSSR count). The highest BCUT2D eigenvalue weighted by atomic mass is 16.7. The highest BCUT2D eigenvalue weighted by Gasteiger charge is 2.43. The molecule has 0 heterocycles. The average molecular weight is 491 g/mol. The molecule has 0 atom stereocenters. The molecule has 8 heteroatoms. The molecule has 0 saturated carbocycles. The van der Waals surface area contributed by atoms with E-state index in [2.05, 4.69) is 0 Å². The van der Waals surface area contributed by atoms with E-state index in [0.29, 0.717) is 6.42 Å². The zero-order valence-electron chi connectivity index (χ0n) is 20.7. The van der Waals surface area contributed by atoms with Crippen LogP contribution in [0.2, 0.25) is 0 Å². The molecule has 0 amide bonds. The van der Waals surface area contributed by atoms with Gasteiger partial charge in [0.25, 0.3) is 0 Å². The van der Waals surface area contributed by atoms with Crippen molar-refractivity contribution in [2.45, 2.75) is 53.2 Å². The van der Waals surface area contributed by atoms with Crippen molar-refractivity contribution < 1.29 is 38.1 Å². The summed E-state index contributed by atoms with van der Waals surface area (Å²) < 4.78 is 21.4. The molecule has 0 bridgehead atoms. The number of allylic oxidation sites excluding steroid dienone is 2. The second kappa shape index (κ2) is 9.81.